The summed E-state index contributed by atoms with van der Waals surface area (Å²) >= 11 is -3.05. The van der Waals surface area contributed by atoms with E-state index in [-0.39, 0.29) is 0 Å². The van der Waals surface area contributed by atoms with Crippen LogP contribution < -0.4 is 13.9 Å². The predicted octanol–water partition coefficient (Wildman–Crippen LogP) is -0.0602. The summed E-state index contributed by atoms with van der Waals surface area (Å²) in [5, 5.41) is 0. The molecule has 0 heterocycles. The Kier molecular flexibility index (Phi) is 9.79. The first-order valence-electron chi connectivity index (χ1n) is 1.91. The van der Waals surface area contributed by atoms with E-state index in [0.717, 1.165) is 0 Å². The zero-order valence-corrected chi connectivity index (χ0v) is 10.5. The monoisotopic (exact) mass is 326 g/mol. The van der Waals surface area contributed by atoms with Crippen molar-refractivity contribution in [2.45, 2.75) is 0 Å². The van der Waals surface area contributed by atoms with E-state index in [1.807, 2.05) is 26.0 Å². The van der Waals surface area contributed by atoms with Gasteiger partial charge in [-0.25, -0.2) is 0 Å². The van der Waals surface area contributed by atoms with Crippen LogP contribution in [-0.2, 0) is 0 Å². The van der Waals surface area contributed by atoms with Crippen LogP contribution in [0.4, 0.5) is 0 Å². The van der Waals surface area contributed by atoms with Gasteiger partial charge in [0.15, 0.2) is 0 Å². The summed E-state index contributed by atoms with van der Waals surface area (Å²) in [6, 6.07) is 0. The van der Waals surface area contributed by atoms with Gasteiger partial charge >= 0.3 is 49.6 Å². The number of nitrogens with zero attached hydrogens (tertiary/aromatic N) is 1. The maximum absolute atomic E-state index is 5.01. The fourth-order valence-corrected chi connectivity index (χ4v) is 0. The van der Waals surface area contributed by atoms with E-state index in [0.29, 0.717) is 0 Å². The van der Waals surface area contributed by atoms with Crippen molar-refractivity contribution in [3.63, 3.8) is 0 Å². The molecule has 0 aliphatic rings. The zero-order chi connectivity index (χ0) is 8.08. The van der Waals surface area contributed by atoms with Crippen molar-refractivity contribution in [3.8, 4) is 0 Å². The molecule has 0 atom stereocenters. The Morgan fingerprint density at radius 3 is 0.889 bits per heavy atom. The van der Waals surface area contributed by atoms with Crippen LogP contribution in [0.25, 0.3) is 0 Å². The van der Waals surface area contributed by atoms with Crippen LogP contribution in [0.3, 0.4) is 0 Å². The molecule has 0 aromatic rings. The second kappa shape index (κ2) is 6.55. The van der Waals surface area contributed by atoms with Gasteiger partial charge in [0.2, 0.25) is 0 Å². The summed E-state index contributed by atoms with van der Waals surface area (Å²) in [6.45, 7) is 0. The van der Waals surface area contributed by atoms with Crippen LogP contribution in [-0.4, -0.2) is 26.0 Å². The molecule has 0 saturated carbocycles. The SMILES string of the molecule is CN(C)C.Cl[I-](Cl)(Cl)Cl. The molecule has 0 spiro atoms. The number of rotatable bonds is 0. The van der Waals surface area contributed by atoms with Crippen molar-refractivity contribution in [2.24, 2.45) is 0 Å². The molecule has 0 radical (unpaired) electrons. The topological polar surface area (TPSA) is 3.24 Å². The quantitative estimate of drug-likeness (QED) is 0.564. The Balaban J connectivity index is 0. The Morgan fingerprint density at radius 1 is 0.889 bits per heavy atom. The van der Waals surface area contributed by atoms with E-state index in [2.05, 4.69) is 0 Å². The van der Waals surface area contributed by atoms with Crippen molar-refractivity contribution in [1.82, 2.24) is 4.90 Å². The third-order valence-electron chi connectivity index (χ3n) is 0. The molecule has 1 nitrogen and oxygen atoms in total. The van der Waals surface area contributed by atoms with Crippen molar-refractivity contribution >= 4 is 35.6 Å². The van der Waals surface area contributed by atoms with Gasteiger partial charge in [-0.2, -0.15) is 0 Å². The van der Waals surface area contributed by atoms with Crippen molar-refractivity contribution in [1.29, 1.82) is 0 Å². The van der Waals surface area contributed by atoms with Crippen LogP contribution in [0, 0.1) is 0 Å². The molecule has 0 aromatic heterocycles. The van der Waals surface area contributed by atoms with Gasteiger partial charge in [-0.3, -0.25) is 0 Å². The molecule has 0 aromatic carbocycles. The second-order valence-corrected chi connectivity index (χ2v) is 20.9. The third kappa shape index (κ3) is 177. The maximum atomic E-state index is 5.01. The fourth-order valence-electron chi connectivity index (χ4n) is 0. The first-order chi connectivity index (χ1) is 3.73. The molecule has 0 N–H and O–H groups in total. The normalized spacial score (nSPS) is 12.4. The first kappa shape index (κ1) is 13.4. The summed E-state index contributed by atoms with van der Waals surface area (Å²) in [5.74, 6) is 0. The van der Waals surface area contributed by atoms with Gasteiger partial charge in [-0.15, -0.1) is 0 Å². The van der Waals surface area contributed by atoms with Crippen LogP contribution in [0.1, 0.15) is 0 Å². The van der Waals surface area contributed by atoms with E-state index >= 15 is 0 Å². The number of hydrogen-bond acceptors (Lipinski definition) is 1. The Labute approximate surface area is 74.9 Å². The van der Waals surface area contributed by atoms with Gasteiger partial charge in [-0.05, 0) is 21.1 Å². The van der Waals surface area contributed by atoms with Crippen molar-refractivity contribution in [3.05, 3.63) is 0 Å². The molecule has 0 rings (SSSR count). The van der Waals surface area contributed by atoms with Crippen LogP contribution in [0.15, 0.2) is 0 Å². The molecule has 0 bridgehead atoms. The Hall–Kier alpha value is 1.85. The van der Waals surface area contributed by atoms with Crippen LogP contribution in [0.5, 0.6) is 0 Å². The van der Waals surface area contributed by atoms with Crippen LogP contribution >= 0.6 is 35.6 Å². The van der Waals surface area contributed by atoms with Gasteiger partial charge < -0.3 is 4.90 Å². The summed E-state index contributed by atoms with van der Waals surface area (Å²) in [7, 11) is 26.0. The average molecular weight is 328 g/mol. The van der Waals surface area contributed by atoms with Gasteiger partial charge in [0.1, 0.15) is 0 Å². The molecule has 0 saturated heterocycles. The van der Waals surface area contributed by atoms with Crippen LogP contribution in [0.2, 0.25) is 0 Å². The molecule has 0 aliphatic heterocycles. The van der Waals surface area contributed by atoms with E-state index in [9.17, 15) is 0 Å². The Morgan fingerprint density at radius 2 is 0.889 bits per heavy atom. The molecule has 9 heavy (non-hydrogen) atoms. The van der Waals surface area contributed by atoms with Gasteiger partial charge in [0, 0.05) is 0 Å². The Bertz CT molecular complexity index is 52.6. The molecular weight excluding hydrogens is 319 g/mol. The summed E-state index contributed by atoms with van der Waals surface area (Å²) < 4.78 is 0. The molecule has 0 unspecified atom stereocenters. The minimum atomic E-state index is -3.05. The minimum absolute atomic E-state index is 2.00. The van der Waals surface area contributed by atoms with Crippen molar-refractivity contribution < 1.29 is 13.9 Å². The molecule has 62 valence electrons. The molecular formula is C3H9Cl4IN-. The van der Waals surface area contributed by atoms with E-state index in [4.69, 9.17) is 35.6 Å². The predicted molar refractivity (Wildman–Crippen MR) is 43.0 cm³/mol. The molecule has 0 amide bonds. The van der Waals surface area contributed by atoms with E-state index in [1.54, 1.807) is 0 Å². The average Bonchev–Trinajstić information content (AvgIpc) is 1.19. The van der Waals surface area contributed by atoms with Gasteiger partial charge in [0.05, 0.1) is 0 Å². The number of halogens is 5. The fraction of sp³-hybridized carbons (Fsp3) is 1.00. The number of hydrogen-bond donors (Lipinski definition) is 0. The van der Waals surface area contributed by atoms with Gasteiger partial charge in [-0.1, -0.05) is 0 Å². The summed E-state index contributed by atoms with van der Waals surface area (Å²) in [5.41, 5.74) is 0. The standard InChI is InChI=1S/C3H9N.Cl4I/c1-4(2)3;1-5(2,3)4/h1-3H3;/q;-1. The molecule has 0 aliphatic carbocycles. The molecule has 6 heteroatoms. The molecule has 0 fully saturated rings. The summed E-state index contributed by atoms with van der Waals surface area (Å²) in [6.07, 6.45) is 0. The summed E-state index contributed by atoms with van der Waals surface area (Å²) in [4.78, 5) is 2.00. The van der Waals surface area contributed by atoms with Crippen molar-refractivity contribution in [2.75, 3.05) is 21.1 Å². The van der Waals surface area contributed by atoms with E-state index in [1.165, 1.54) is 0 Å². The van der Waals surface area contributed by atoms with E-state index < -0.39 is 13.9 Å². The second-order valence-electron chi connectivity index (χ2n) is 1.67. The first-order valence-corrected chi connectivity index (χ1v) is 12.8. The zero-order valence-electron chi connectivity index (χ0n) is 5.34. The third-order valence-corrected chi connectivity index (χ3v) is 0. The van der Waals surface area contributed by atoms with Gasteiger partial charge in [0.25, 0.3) is 0 Å².